The molecule has 0 amide bonds. The first kappa shape index (κ1) is 7.50. The van der Waals surface area contributed by atoms with Crippen LogP contribution in [0, 0.1) is 0 Å². The monoisotopic (exact) mass is 145 g/mol. The van der Waals surface area contributed by atoms with E-state index in [4.69, 9.17) is 10.2 Å². The van der Waals surface area contributed by atoms with Gasteiger partial charge in [0.15, 0.2) is 0 Å². The van der Waals surface area contributed by atoms with E-state index >= 15 is 0 Å². The fraction of sp³-hybridized carbons (Fsp3) is 0.833. The molecule has 1 fully saturated rings. The van der Waals surface area contributed by atoms with Crippen LogP contribution in [0.3, 0.4) is 0 Å². The first-order chi connectivity index (χ1) is 4.74. The molecule has 0 radical (unpaired) electrons. The van der Waals surface area contributed by atoms with Crippen molar-refractivity contribution < 1.29 is 15.0 Å². The molecule has 2 atom stereocenters. The first-order valence-electron chi connectivity index (χ1n) is 3.33. The van der Waals surface area contributed by atoms with Gasteiger partial charge in [0.1, 0.15) is 6.04 Å². The highest BCUT2D eigenvalue weighted by Gasteiger charge is 2.27. The molecule has 58 valence electrons. The minimum Gasteiger partial charge on any atom is -0.480 e. The van der Waals surface area contributed by atoms with Gasteiger partial charge >= 0.3 is 5.97 Å². The standard InChI is InChI=1S/C6H11NO3/c8-3-4-1-2-5(7-4)6(9)10/h4-5,7-8H,1-3H2,(H,9,10)/t4-,5-/m0/s1. The number of aliphatic carboxylic acids is 1. The van der Waals surface area contributed by atoms with Crippen molar-refractivity contribution >= 4 is 5.97 Å². The van der Waals surface area contributed by atoms with Crippen molar-refractivity contribution in [1.29, 1.82) is 0 Å². The third-order valence-corrected chi connectivity index (χ3v) is 1.76. The van der Waals surface area contributed by atoms with E-state index in [0.29, 0.717) is 6.42 Å². The van der Waals surface area contributed by atoms with Crippen molar-refractivity contribution in [2.75, 3.05) is 6.61 Å². The van der Waals surface area contributed by atoms with Gasteiger partial charge in [0.2, 0.25) is 0 Å². The van der Waals surface area contributed by atoms with Gasteiger partial charge in [-0.05, 0) is 12.8 Å². The molecular weight excluding hydrogens is 134 g/mol. The predicted molar refractivity (Wildman–Crippen MR) is 34.7 cm³/mol. The fourth-order valence-corrected chi connectivity index (χ4v) is 1.16. The number of nitrogens with one attached hydrogen (secondary N) is 1. The molecule has 1 aliphatic rings. The minimum absolute atomic E-state index is 0.0129. The van der Waals surface area contributed by atoms with Crippen LogP contribution < -0.4 is 5.32 Å². The summed E-state index contributed by atoms with van der Waals surface area (Å²) in [5.74, 6) is -0.823. The van der Waals surface area contributed by atoms with E-state index in [0.717, 1.165) is 6.42 Å². The molecule has 0 spiro atoms. The van der Waals surface area contributed by atoms with Gasteiger partial charge in [0.05, 0.1) is 6.61 Å². The molecule has 4 nitrogen and oxygen atoms in total. The molecule has 1 saturated heterocycles. The number of carbonyl (C=O) groups is 1. The van der Waals surface area contributed by atoms with Crippen LogP contribution in [-0.4, -0.2) is 34.9 Å². The van der Waals surface area contributed by atoms with Crippen LogP contribution >= 0.6 is 0 Å². The van der Waals surface area contributed by atoms with E-state index in [1.807, 2.05) is 0 Å². The Balaban J connectivity index is 2.35. The molecule has 4 heteroatoms. The summed E-state index contributed by atoms with van der Waals surface area (Å²) in [5, 5.41) is 19.9. The molecule has 3 N–H and O–H groups in total. The second-order valence-corrected chi connectivity index (χ2v) is 2.51. The highest BCUT2D eigenvalue weighted by Crippen LogP contribution is 2.11. The maximum atomic E-state index is 10.3. The van der Waals surface area contributed by atoms with Gasteiger partial charge in [0.25, 0.3) is 0 Å². The molecule has 1 rings (SSSR count). The number of aliphatic hydroxyl groups excluding tert-OH is 1. The van der Waals surface area contributed by atoms with Crippen LogP contribution in [0.25, 0.3) is 0 Å². The molecule has 10 heavy (non-hydrogen) atoms. The quantitative estimate of drug-likeness (QED) is 0.475. The predicted octanol–water partition coefficient (Wildman–Crippen LogP) is -0.816. The van der Waals surface area contributed by atoms with Crippen LogP contribution in [0.1, 0.15) is 12.8 Å². The first-order valence-corrected chi connectivity index (χ1v) is 3.33. The Bertz CT molecular complexity index is 137. The lowest BCUT2D eigenvalue weighted by Gasteiger charge is -2.06. The van der Waals surface area contributed by atoms with Gasteiger partial charge in [-0.25, -0.2) is 0 Å². The molecule has 0 aliphatic carbocycles. The van der Waals surface area contributed by atoms with E-state index < -0.39 is 12.0 Å². The number of hydrogen-bond donors (Lipinski definition) is 3. The van der Waals surface area contributed by atoms with E-state index in [-0.39, 0.29) is 12.6 Å². The van der Waals surface area contributed by atoms with E-state index in [2.05, 4.69) is 5.32 Å². The molecule has 0 aromatic rings. The summed E-state index contributed by atoms with van der Waals surface area (Å²) < 4.78 is 0. The number of aliphatic hydroxyl groups is 1. The average Bonchev–Trinajstić information content (AvgIpc) is 2.34. The normalized spacial score (nSPS) is 32.5. The number of rotatable bonds is 2. The Morgan fingerprint density at radius 3 is 2.60 bits per heavy atom. The van der Waals surface area contributed by atoms with Crippen molar-refractivity contribution in [1.82, 2.24) is 5.32 Å². The van der Waals surface area contributed by atoms with E-state index in [1.165, 1.54) is 0 Å². The summed E-state index contributed by atoms with van der Waals surface area (Å²) in [5.41, 5.74) is 0. The van der Waals surface area contributed by atoms with E-state index in [9.17, 15) is 4.79 Å². The molecule has 1 aliphatic heterocycles. The topological polar surface area (TPSA) is 69.6 Å². The minimum atomic E-state index is -0.823. The Morgan fingerprint density at radius 1 is 1.60 bits per heavy atom. The molecule has 1 heterocycles. The second kappa shape index (κ2) is 2.98. The summed E-state index contributed by atoms with van der Waals surface area (Å²) >= 11 is 0. The lowest BCUT2D eigenvalue weighted by molar-refractivity contribution is -0.139. The van der Waals surface area contributed by atoms with Crippen molar-refractivity contribution in [3.05, 3.63) is 0 Å². The number of hydrogen-bond acceptors (Lipinski definition) is 3. The zero-order valence-electron chi connectivity index (χ0n) is 5.58. The largest absolute Gasteiger partial charge is 0.480 e. The summed E-state index contributed by atoms with van der Waals surface area (Å²) in [6, 6.07) is -0.460. The number of carboxylic acid groups (broad SMARTS) is 1. The molecule has 0 aromatic carbocycles. The van der Waals surface area contributed by atoms with Gasteiger partial charge in [-0.3, -0.25) is 10.1 Å². The van der Waals surface area contributed by atoms with Gasteiger partial charge in [-0.15, -0.1) is 0 Å². The molecular formula is C6H11NO3. The van der Waals surface area contributed by atoms with Gasteiger partial charge < -0.3 is 10.2 Å². The van der Waals surface area contributed by atoms with E-state index in [1.54, 1.807) is 0 Å². The molecule has 0 unspecified atom stereocenters. The highest BCUT2D eigenvalue weighted by atomic mass is 16.4. The number of carboxylic acids is 1. The summed E-state index contributed by atoms with van der Waals surface area (Å²) in [6.45, 7) is 0.0315. The maximum Gasteiger partial charge on any atom is 0.320 e. The summed E-state index contributed by atoms with van der Waals surface area (Å²) in [4.78, 5) is 10.3. The smallest absolute Gasteiger partial charge is 0.320 e. The molecule has 0 saturated carbocycles. The summed E-state index contributed by atoms with van der Waals surface area (Å²) in [6.07, 6.45) is 1.38. The highest BCUT2D eigenvalue weighted by molar-refractivity contribution is 5.73. The van der Waals surface area contributed by atoms with Crippen LogP contribution in [0.15, 0.2) is 0 Å². The Labute approximate surface area is 58.9 Å². The zero-order valence-corrected chi connectivity index (χ0v) is 5.58. The SMILES string of the molecule is O=C(O)[C@@H]1CC[C@@H](CO)N1. The van der Waals surface area contributed by atoms with Gasteiger partial charge in [-0.1, -0.05) is 0 Å². The third kappa shape index (κ3) is 1.46. The zero-order chi connectivity index (χ0) is 7.56. The lowest BCUT2D eigenvalue weighted by Crippen LogP contribution is -2.36. The lowest BCUT2D eigenvalue weighted by atomic mass is 10.2. The molecule has 0 bridgehead atoms. The van der Waals surface area contributed by atoms with Crippen LogP contribution in [0.2, 0.25) is 0 Å². The Morgan fingerprint density at radius 2 is 2.30 bits per heavy atom. The molecule has 0 aromatic heterocycles. The van der Waals surface area contributed by atoms with Crippen LogP contribution in [0.4, 0.5) is 0 Å². The van der Waals surface area contributed by atoms with Crippen LogP contribution in [0.5, 0.6) is 0 Å². The fourth-order valence-electron chi connectivity index (χ4n) is 1.16. The van der Waals surface area contributed by atoms with Gasteiger partial charge in [0, 0.05) is 6.04 Å². The van der Waals surface area contributed by atoms with Crippen LogP contribution in [-0.2, 0) is 4.79 Å². The van der Waals surface area contributed by atoms with Crippen molar-refractivity contribution in [2.45, 2.75) is 24.9 Å². The third-order valence-electron chi connectivity index (χ3n) is 1.76. The maximum absolute atomic E-state index is 10.3. The van der Waals surface area contributed by atoms with Crippen molar-refractivity contribution in [2.24, 2.45) is 0 Å². The Kier molecular flexibility index (Phi) is 2.24. The second-order valence-electron chi connectivity index (χ2n) is 2.51. The summed E-state index contributed by atoms with van der Waals surface area (Å²) in [7, 11) is 0. The van der Waals surface area contributed by atoms with Crippen molar-refractivity contribution in [3.63, 3.8) is 0 Å². The van der Waals surface area contributed by atoms with Crippen molar-refractivity contribution in [3.8, 4) is 0 Å². The average molecular weight is 145 g/mol. The van der Waals surface area contributed by atoms with Gasteiger partial charge in [-0.2, -0.15) is 0 Å². The Hall–Kier alpha value is -0.610.